The number of nitrogens with one attached hydrogen (secondary N) is 2. The molecule has 1 aromatic heterocycles. The van der Waals surface area contributed by atoms with Crippen LogP contribution in [-0.4, -0.2) is 23.1 Å². The van der Waals surface area contributed by atoms with Gasteiger partial charge in [-0.25, -0.2) is 4.98 Å². The molecule has 0 atom stereocenters. The van der Waals surface area contributed by atoms with E-state index in [0.29, 0.717) is 5.69 Å². The molecule has 0 spiro atoms. The van der Waals surface area contributed by atoms with Crippen molar-refractivity contribution in [2.45, 2.75) is 38.4 Å². The Labute approximate surface area is 192 Å². The molecule has 2 N–H and O–H groups in total. The first-order chi connectivity index (χ1) is 15.9. The van der Waals surface area contributed by atoms with Crippen LogP contribution in [0.1, 0.15) is 36.7 Å². The number of carbonyl (C=O) groups is 1. The second-order valence-corrected chi connectivity index (χ2v) is 8.71. The van der Waals surface area contributed by atoms with E-state index in [9.17, 15) is 22.4 Å². The van der Waals surface area contributed by atoms with Gasteiger partial charge in [-0.3, -0.25) is 4.79 Å². The molecule has 2 heterocycles. The first kappa shape index (κ1) is 23.3. The van der Waals surface area contributed by atoms with Crippen molar-refractivity contribution in [1.82, 2.24) is 4.98 Å². The third-order valence-electron chi connectivity index (χ3n) is 5.08. The smallest absolute Gasteiger partial charge is 0.421 e. The van der Waals surface area contributed by atoms with Gasteiger partial charge in [-0.1, -0.05) is 32.9 Å². The Balaban J connectivity index is 1.54. The molecule has 0 aliphatic carbocycles. The highest BCUT2D eigenvalue weighted by molar-refractivity contribution is 6.07. The number of hydrogen-bond donors (Lipinski definition) is 2. The first-order valence-corrected chi connectivity index (χ1v) is 10.3. The maximum atomic E-state index is 13.5. The van der Waals surface area contributed by atoms with Crippen LogP contribution in [0.4, 0.5) is 34.8 Å². The second kappa shape index (κ2) is 8.19. The summed E-state index contributed by atoms with van der Waals surface area (Å²) in [6.07, 6.45) is -8.20. The molecular weight excluding hydrogens is 454 g/mol. The highest BCUT2D eigenvalue weighted by Crippen LogP contribution is 2.47. The summed E-state index contributed by atoms with van der Waals surface area (Å²) in [4.78, 5) is 17.0. The molecule has 0 saturated heterocycles. The summed E-state index contributed by atoms with van der Waals surface area (Å²) in [5.41, 5.74) is 2.00. The Morgan fingerprint density at radius 2 is 1.50 bits per heavy atom. The largest absolute Gasteiger partial charge is 0.507 e. The number of halogens is 4. The van der Waals surface area contributed by atoms with E-state index in [4.69, 9.17) is 0 Å². The van der Waals surface area contributed by atoms with Gasteiger partial charge in [0.2, 0.25) is 0 Å². The molecule has 34 heavy (non-hydrogen) atoms. The lowest BCUT2D eigenvalue weighted by Gasteiger charge is -2.32. The summed E-state index contributed by atoms with van der Waals surface area (Å²) in [7, 11) is 0. The molecule has 2 aromatic carbocycles. The van der Waals surface area contributed by atoms with Crippen molar-refractivity contribution in [3.05, 3.63) is 71.9 Å². The van der Waals surface area contributed by atoms with E-state index in [1.165, 1.54) is 18.3 Å². The van der Waals surface area contributed by atoms with Crippen LogP contribution in [0.5, 0.6) is 11.5 Å². The van der Waals surface area contributed by atoms with Gasteiger partial charge in [-0.15, -0.1) is 0 Å². The number of pyridine rings is 1. The number of fused-ring (bicyclic) bond motifs is 1. The fraction of sp³-hybridized carbons (Fsp3) is 0.250. The summed E-state index contributed by atoms with van der Waals surface area (Å²) >= 11 is 0. The molecule has 0 bridgehead atoms. The number of ether oxygens (including phenoxy) is 2. The predicted octanol–water partition coefficient (Wildman–Crippen LogP) is 6.33. The number of hydrogen-bond acceptors (Lipinski definition) is 5. The van der Waals surface area contributed by atoms with E-state index in [-0.39, 0.29) is 22.5 Å². The maximum absolute atomic E-state index is 13.5. The third kappa shape index (κ3) is 4.61. The van der Waals surface area contributed by atoms with Gasteiger partial charge >= 0.3 is 12.2 Å². The van der Waals surface area contributed by atoms with Gasteiger partial charge in [-0.2, -0.15) is 17.6 Å². The van der Waals surface area contributed by atoms with Crippen LogP contribution in [0, 0.1) is 0 Å². The van der Waals surface area contributed by atoms with Gasteiger partial charge in [0.25, 0.3) is 5.91 Å². The van der Waals surface area contributed by atoms with Crippen molar-refractivity contribution >= 4 is 23.1 Å². The molecule has 6 nitrogen and oxygen atoms in total. The van der Waals surface area contributed by atoms with Gasteiger partial charge in [-0.05, 0) is 47.4 Å². The van der Waals surface area contributed by atoms with Crippen molar-refractivity contribution in [2.24, 2.45) is 0 Å². The molecule has 1 aliphatic heterocycles. The van der Waals surface area contributed by atoms with E-state index < -0.39 is 29.6 Å². The lowest BCUT2D eigenvalue weighted by atomic mass is 9.87. The zero-order valence-corrected chi connectivity index (χ0v) is 18.5. The normalized spacial score (nSPS) is 16.0. The number of anilines is 3. The van der Waals surface area contributed by atoms with E-state index in [0.717, 1.165) is 17.7 Å². The topological polar surface area (TPSA) is 72.5 Å². The monoisotopic (exact) mass is 475 g/mol. The van der Waals surface area contributed by atoms with Crippen LogP contribution in [-0.2, 0) is 5.41 Å². The number of alkyl halides is 4. The quantitative estimate of drug-likeness (QED) is 0.432. The predicted molar refractivity (Wildman–Crippen MR) is 118 cm³/mol. The van der Waals surface area contributed by atoms with Crippen LogP contribution in [0.15, 0.2) is 60.8 Å². The summed E-state index contributed by atoms with van der Waals surface area (Å²) in [5, 5.41) is 5.61. The van der Waals surface area contributed by atoms with E-state index in [1.54, 1.807) is 18.2 Å². The minimum absolute atomic E-state index is 0.0352. The Hall–Kier alpha value is -3.82. The Bertz CT molecular complexity index is 1220. The highest BCUT2D eigenvalue weighted by Gasteiger charge is 2.65. The standard InChI is InChI=1S/C24H21F4N3O3/c1-22(2,3)14-6-8-15(9-7-14)31-21(32)17-5-4-12-29-20(17)30-16-10-11-18-19(13-16)34-24(27,28)23(25,26)33-18/h4-13H,1-3H3,(H,29,30)(H,31,32). The zero-order valence-electron chi connectivity index (χ0n) is 18.5. The van der Waals surface area contributed by atoms with Crippen molar-refractivity contribution in [1.29, 1.82) is 0 Å². The van der Waals surface area contributed by atoms with Crippen LogP contribution < -0.4 is 20.1 Å². The van der Waals surface area contributed by atoms with Gasteiger partial charge in [0.05, 0.1) is 5.56 Å². The number of amides is 1. The minimum atomic E-state index is -4.84. The van der Waals surface area contributed by atoms with Gasteiger partial charge in [0, 0.05) is 23.6 Å². The average Bonchev–Trinajstić information content (AvgIpc) is 2.74. The Kier molecular flexibility index (Phi) is 5.63. The van der Waals surface area contributed by atoms with E-state index in [1.807, 2.05) is 12.1 Å². The zero-order chi connectivity index (χ0) is 24.7. The molecule has 0 fully saturated rings. The van der Waals surface area contributed by atoms with Crippen molar-refractivity contribution in [3.8, 4) is 11.5 Å². The van der Waals surface area contributed by atoms with Crippen LogP contribution in [0.2, 0.25) is 0 Å². The van der Waals surface area contributed by atoms with Crippen LogP contribution >= 0.6 is 0 Å². The molecule has 178 valence electrons. The van der Waals surface area contributed by atoms with Gasteiger partial charge in [0.15, 0.2) is 11.5 Å². The highest BCUT2D eigenvalue weighted by atomic mass is 19.3. The molecule has 10 heteroatoms. The summed E-state index contributed by atoms with van der Waals surface area (Å²) < 4.78 is 61.9. The second-order valence-electron chi connectivity index (χ2n) is 8.71. The van der Waals surface area contributed by atoms with Crippen molar-refractivity contribution < 1.29 is 31.8 Å². The van der Waals surface area contributed by atoms with Gasteiger partial charge in [0.1, 0.15) is 5.82 Å². The average molecular weight is 475 g/mol. The minimum Gasteiger partial charge on any atom is -0.421 e. The summed E-state index contributed by atoms with van der Waals surface area (Å²) in [5.74, 6) is -1.45. The third-order valence-corrected chi connectivity index (χ3v) is 5.08. The number of carbonyl (C=O) groups excluding carboxylic acids is 1. The first-order valence-electron chi connectivity index (χ1n) is 10.3. The SMILES string of the molecule is CC(C)(C)c1ccc(NC(=O)c2cccnc2Nc2ccc3c(c2)OC(F)(F)C(F)(F)O3)cc1. The molecule has 1 amide bonds. The summed E-state index contributed by atoms with van der Waals surface area (Å²) in [6, 6.07) is 13.9. The molecule has 1 aliphatic rings. The molecular formula is C24H21F4N3O3. The van der Waals surface area contributed by atoms with Crippen molar-refractivity contribution in [3.63, 3.8) is 0 Å². The summed E-state index contributed by atoms with van der Waals surface area (Å²) in [6.45, 7) is 6.25. The lowest BCUT2D eigenvalue weighted by Crippen LogP contribution is -2.52. The van der Waals surface area contributed by atoms with Crippen LogP contribution in [0.25, 0.3) is 0 Å². The number of aromatic nitrogens is 1. The molecule has 0 unspecified atom stereocenters. The van der Waals surface area contributed by atoms with E-state index >= 15 is 0 Å². The lowest BCUT2D eigenvalue weighted by molar-refractivity contribution is -0.391. The number of benzene rings is 2. The van der Waals surface area contributed by atoms with Crippen LogP contribution in [0.3, 0.4) is 0 Å². The number of nitrogens with zero attached hydrogens (tertiary/aromatic N) is 1. The Morgan fingerprint density at radius 1 is 0.882 bits per heavy atom. The number of rotatable bonds is 4. The Morgan fingerprint density at radius 3 is 2.15 bits per heavy atom. The maximum Gasteiger partial charge on any atom is 0.507 e. The fourth-order valence-corrected chi connectivity index (χ4v) is 3.22. The fourth-order valence-electron chi connectivity index (χ4n) is 3.22. The molecule has 0 saturated carbocycles. The van der Waals surface area contributed by atoms with Gasteiger partial charge < -0.3 is 20.1 Å². The van der Waals surface area contributed by atoms with Crippen molar-refractivity contribution in [2.75, 3.05) is 10.6 Å². The molecule has 0 radical (unpaired) electrons. The molecule has 4 rings (SSSR count). The van der Waals surface area contributed by atoms with E-state index in [2.05, 4.69) is 45.9 Å². The molecule has 3 aromatic rings.